The summed E-state index contributed by atoms with van der Waals surface area (Å²) < 4.78 is 0. The Balaban J connectivity index is 1.89. The van der Waals surface area contributed by atoms with Crippen molar-refractivity contribution in [2.45, 2.75) is 26.2 Å². The van der Waals surface area contributed by atoms with Gasteiger partial charge < -0.3 is 10.3 Å². The zero-order chi connectivity index (χ0) is 15.5. The lowest BCUT2D eigenvalue weighted by Gasteiger charge is -2.13. The van der Waals surface area contributed by atoms with Crippen LogP contribution < -0.4 is 5.32 Å². The molecule has 1 atom stereocenters. The molecule has 0 aliphatic rings. The summed E-state index contributed by atoms with van der Waals surface area (Å²) in [5, 5.41) is 5.08. The number of rotatable bonds is 5. The number of fused-ring (bicyclic) bond motifs is 1. The molecule has 0 fully saturated rings. The van der Waals surface area contributed by atoms with Crippen molar-refractivity contribution >= 4 is 28.3 Å². The van der Waals surface area contributed by atoms with Crippen LogP contribution in [0.2, 0.25) is 5.02 Å². The average molecular weight is 316 g/mol. The summed E-state index contributed by atoms with van der Waals surface area (Å²) in [5.41, 5.74) is 0.868. The highest BCUT2D eigenvalue weighted by atomic mass is 35.5. The third kappa shape index (κ3) is 3.04. The van der Waals surface area contributed by atoms with Crippen LogP contribution in [0.1, 0.15) is 31.4 Å². The van der Waals surface area contributed by atoms with Crippen LogP contribution in [0.5, 0.6) is 0 Å². The number of imidazole rings is 1. The number of benzene rings is 1. The van der Waals surface area contributed by atoms with Crippen LogP contribution in [0.25, 0.3) is 10.9 Å². The van der Waals surface area contributed by atoms with Crippen molar-refractivity contribution in [2.75, 3.05) is 11.9 Å². The van der Waals surface area contributed by atoms with E-state index in [0.29, 0.717) is 5.02 Å². The molecule has 22 heavy (non-hydrogen) atoms. The van der Waals surface area contributed by atoms with Gasteiger partial charge in [-0.05, 0) is 18.2 Å². The maximum absolute atomic E-state index is 6.07. The molecule has 114 valence electrons. The number of aryl methyl sites for hydroxylation is 1. The van der Waals surface area contributed by atoms with Crippen molar-refractivity contribution in [2.24, 2.45) is 0 Å². The summed E-state index contributed by atoms with van der Waals surface area (Å²) in [6.07, 6.45) is 4.39. The standard InChI is InChI=1S/C16H18ClN5/c1-3-14-21-13-8-11(17)4-5-12(13)16(22-14)20-9-10(2)15-18-6-7-19-15/h4-8,10H,3,9H2,1-2H3,(H,18,19)(H,20,21,22). The monoisotopic (exact) mass is 315 g/mol. The summed E-state index contributed by atoms with van der Waals surface area (Å²) in [6.45, 7) is 4.90. The van der Waals surface area contributed by atoms with E-state index in [1.54, 1.807) is 6.20 Å². The molecule has 6 heteroatoms. The number of aromatic nitrogens is 4. The van der Waals surface area contributed by atoms with E-state index in [1.165, 1.54) is 0 Å². The zero-order valence-electron chi connectivity index (χ0n) is 12.6. The zero-order valence-corrected chi connectivity index (χ0v) is 13.4. The van der Waals surface area contributed by atoms with Gasteiger partial charge in [0, 0.05) is 41.7 Å². The Morgan fingerprint density at radius 3 is 2.91 bits per heavy atom. The van der Waals surface area contributed by atoms with E-state index in [0.717, 1.165) is 41.3 Å². The number of hydrogen-bond donors (Lipinski definition) is 2. The molecule has 2 heterocycles. The van der Waals surface area contributed by atoms with Crippen molar-refractivity contribution in [1.82, 2.24) is 19.9 Å². The normalized spacial score (nSPS) is 12.5. The SMILES string of the molecule is CCc1nc(NCC(C)c2ncc[nH]2)c2ccc(Cl)cc2n1. The predicted octanol–water partition coefficient (Wildman–Crippen LogP) is 3.78. The van der Waals surface area contributed by atoms with E-state index in [2.05, 4.69) is 32.2 Å². The van der Waals surface area contributed by atoms with E-state index >= 15 is 0 Å². The lowest BCUT2D eigenvalue weighted by molar-refractivity contribution is 0.746. The minimum atomic E-state index is 0.261. The van der Waals surface area contributed by atoms with Gasteiger partial charge in [-0.1, -0.05) is 25.4 Å². The molecule has 1 unspecified atom stereocenters. The molecule has 0 aliphatic heterocycles. The Morgan fingerprint density at radius 1 is 1.32 bits per heavy atom. The molecule has 1 aromatic carbocycles. The first-order valence-electron chi connectivity index (χ1n) is 7.36. The number of halogens is 1. The predicted molar refractivity (Wildman–Crippen MR) is 89.4 cm³/mol. The molecule has 5 nitrogen and oxygen atoms in total. The number of nitrogens with zero attached hydrogens (tertiary/aromatic N) is 3. The van der Waals surface area contributed by atoms with Crippen molar-refractivity contribution in [3.63, 3.8) is 0 Å². The molecule has 0 saturated carbocycles. The van der Waals surface area contributed by atoms with E-state index in [9.17, 15) is 0 Å². The Morgan fingerprint density at radius 2 is 2.18 bits per heavy atom. The van der Waals surface area contributed by atoms with Crippen LogP contribution >= 0.6 is 11.6 Å². The lowest BCUT2D eigenvalue weighted by atomic mass is 10.1. The molecule has 0 amide bonds. The molecule has 3 rings (SSSR count). The number of nitrogens with one attached hydrogen (secondary N) is 2. The summed E-state index contributed by atoms with van der Waals surface area (Å²) in [6, 6.07) is 5.69. The summed E-state index contributed by atoms with van der Waals surface area (Å²) in [4.78, 5) is 16.6. The van der Waals surface area contributed by atoms with Gasteiger partial charge in [0.15, 0.2) is 0 Å². The first-order valence-corrected chi connectivity index (χ1v) is 7.74. The fraction of sp³-hybridized carbons (Fsp3) is 0.312. The molecule has 0 saturated heterocycles. The van der Waals surface area contributed by atoms with Crippen LogP contribution in [0.3, 0.4) is 0 Å². The van der Waals surface area contributed by atoms with Gasteiger partial charge in [-0.15, -0.1) is 0 Å². The smallest absolute Gasteiger partial charge is 0.137 e. The van der Waals surface area contributed by atoms with E-state index in [1.807, 2.05) is 31.3 Å². The highest BCUT2D eigenvalue weighted by Gasteiger charge is 2.11. The number of aromatic amines is 1. The Kier molecular flexibility index (Phi) is 4.24. The van der Waals surface area contributed by atoms with Crippen LogP contribution in [0.4, 0.5) is 5.82 Å². The van der Waals surface area contributed by atoms with Gasteiger partial charge in [0.2, 0.25) is 0 Å². The maximum Gasteiger partial charge on any atom is 0.137 e. The van der Waals surface area contributed by atoms with Gasteiger partial charge >= 0.3 is 0 Å². The van der Waals surface area contributed by atoms with Gasteiger partial charge in [0.1, 0.15) is 17.5 Å². The van der Waals surface area contributed by atoms with Gasteiger partial charge in [-0.2, -0.15) is 0 Å². The first kappa shape index (κ1) is 14.8. The second-order valence-corrected chi connectivity index (χ2v) is 5.70. The van der Waals surface area contributed by atoms with Crippen LogP contribution in [-0.2, 0) is 6.42 Å². The molecule has 3 aromatic rings. The highest BCUT2D eigenvalue weighted by Crippen LogP contribution is 2.24. The van der Waals surface area contributed by atoms with Gasteiger partial charge in [-0.25, -0.2) is 15.0 Å². The third-order valence-corrected chi connectivity index (χ3v) is 3.82. The highest BCUT2D eigenvalue weighted by molar-refractivity contribution is 6.31. The number of H-pyrrole nitrogens is 1. The van der Waals surface area contributed by atoms with Crippen molar-refractivity contribution in [3.05, 3.63) is 47.3 Å². The maximum atomic E-state index is 6.07. The molecule has 2 N–H and O–H groups in total. The molecule has 0 bridgehead atoms. The number of anilines is 1. The Hall–Kier alpha value is -2.14. The quantitative estimate of drug-likeness (QED) is 0.752. The fourth-order valence-corrected chi connectivity index (χ4v) is 2.50. The van der Waals surface area contributed by atoms with Gasteiger partial charge in [0.05, 0.1) is 5.52 Å². The van der Waals surface area contributed by atoms with E-state index in [-0.39, 0.29) is 5.92 Å². The molecular formula is C16H18ClN5. The van der Waals surface area contributed by atoms with Crippen molar-refractivity contribution in [1.29, 1.82) is 0 Å². The molecule has 2 aromatic heterocycles. The van der Waals surface area contributed by atoms with Crippen molar-refractivity contribution in [3.8, 4) is 0 Å². The molecule has 0 spiro atoms. The number of hydrogen-bond acceptors (Lipinski definition) is 4. The second kappa shape index (κ2) is 6.32. The van der Waals surface area contributed by atoms with Crippen LogP contribution in [0, 0.1) is 0 Å². The molecule has 0 aliphatic carbocycles. The first-order chi connectivity index (χ1) is 10.7. The average Bonchev–Trinajstić information content (AvgIpc) is 3.06. The molecule has 0 radical (unpaired) electrons. The third-order valence-electron chi connectivity index (χ3n) is 3.58. The topological polar surface area (TPSA) is 66.5 Å². The molecular weight excluding hydrogens is 298 g/mol. The van der Waals surface area contributed by atoms with E-state index in [4.69, 9.17) is 11.6 Å². The van der Waals surface area contributed by atoms with Crippen molar-refractivity contribution < 1.29 is 0 Å². The minimum absolute atomic E-state index is 0.261. The fourth-order valence-electron chi connectivity index (χ4n) is 2.34. The Labute approximate surface area is 134 Å². The van der Waals surface area contributed by atoms with Crippen LogP contribution in [0.15, 0.2) is 30.6 Å². The lowest BCUT2D eigenvalue weighted by Crippen LogP contribution is -2.13. The van der Waals surface area contributed by atoms with Crippen LogP contribution in [-0.4, -0.2) is 26.5 Å². The summed E-state index contributed by atoms with van der Waals surface area (Å²) in [7, 11) is 0. The summed E-state index contributed by atoms with van der Waals surface area (Å²) in [5.74, 6) is 2.88. The Bertz CT molecular complexity index is 770. The second-order valence-electron chi connectivity index (χ2n) is 5.26. The minimum Gasteiger partial charge on any atom is -0.369 e. The summed E-state index contributed by atoms with van der Waals surface area (Å²) >= 11 is 6.07. The van der Waals surface area contributed by atoms with Gasteiger partial charge in [0.25, 0.3) is 0 Å². The van der Waals surface area contributed by atoms with Gasteiger partial charge in [-0.3, -0.25) is 0 Å². The van der Waals surface area contributed by atoms with E-state index < -0.39 is 0 Å². The largest absolute Gasteiger partial charge is 0.369 e.